The zero-order valence-electron chi connectivity index (χ0n) is 17.3. The highest BCUT2D eigenvalue weighted by Crippen LogP contribution is 2.17. The van der Waals surface area contributed by atoms with Crippen LogP contribution in [0.5, 0.6) is 0 Å². The highest BCUT2D eigenvalue weighted by Gasteiger charge is 2.20. The fourth-order valence-corrected chi connectivity index (χ4v) is 3.48. The smallest absolute Gasteiger partial charge is 0.254 e. The number of hydrogen-bond donors (Lipinski definition) is 2. The summed E-state index contributed by atoms with van der Waals surface area (Å²) in [5.74, 6) is 0.587. The minimum absolute atomic E-state index is 0.165. The lowest BCUT2D eigenvalue weighted by atomic mass is 10.0. The molecule has 2 heterocycles. The van der Waals surface area contributed by atoms with Crippen LogP contribution in [-0.4, -0.2) is 39.8 Å². The fourth-order valence-electron chi connectivity index (χ4n) is 3.48. The Labute approximate surface area is 181 Å². The SMILES string of the molecule is NC(=O)c1cnc(Cc2cccc(CC(=O)N3CCC3)c2)nc1NCc1ccccc1. The molecule has 3 N–H and O–H groups in total. The van der Waals surface area contributed by atoms with Gasteiger partial charge >= 0.3 is 0 Å². The van der Waals surface area contributed by atoms with Gasteiger partial charge < -0.3 is 16.0 Å². The van der Waals surface area contributed by atoms with E-state index in [-0.39, 0.29) is 11.5 Å². The van der Waals surface area contributed by atoms with E-state index in [2.05, 4.69) is 15.3 Å². The lowest BCUT2D eigenvalue weighted by Crippen LogP contribution is -2.42. The molecule has 7 nitrogen and oxygen atoms in total. The first-order chi connectivity index (χ1) is 15.1. The molecule has 158 valence electrons. The monoisotopic (exact) mass is 415 g/mol. The Hall–Kier alpha value is -3.74. The fraction of sp³-hybridized carbons (Fsp3) is 0.250. The first kappa shape index (κ1) is 20.5. The number of aromatic nitrogens is 2. The van der Waals surface area contributed by atoms with Crippen molar-refractivity contribution in [1.82, 2.24) is 14.9 Å². The van der Waals surface area contributed by atoms with Crippen molar-refractivity contribution in [2.45, 2.75) is 25.8 Å². The zero-order chi connectivity index (χ0) is 21.6. The molecule has 4 rings (SSSR count). The Morgan fingerprint density at radius 3 is 2.45 bits per heavy atom. The first-order valence-corrected chi connectivity index (χ1v) is 10.4. The molecule has 2 aromatic carbocycles. The Morgan fingerprint density at radius 2 is 1.74 bits per heavy atom. The van der Waals surface area contributed by atoms with E-state index in [1.165, 1.54) is 6.20 Å². The summed E-state index contributed by atoms with van der Waals surface area (Å²) in [6.45, 7) is 2.24. The molecule has 1 aromatic heterocycles. The minimum Gasteiger partial charge on any atom is -0.365 e. The molecule has 0 atom stereocenters. The van der Waals surface area contributed by atoms with Gasteiger partial charge in [-0.3, -0.25) is 9.59 Å². The van der Waals surface area contributed by atoms with Crippen molar-refractivity contribution in [2.75, 3.05) is 18.4 Å². The van der Waals surface area contributed by atoms with Gasteiger partial charge in [0, 0.05) is 32.3 Å². The van der Waals surface area contributed by atoms with Gasteiger partial charge in [-0.25, -0.2) is 9.97 Å². The minimum atomic E-state index is -0.575. The molecule has 0 spiro atoms. The van der Waals surface area contributed by atoms with Gasteiger partial charge in [0.2, 0.25) is 5.91 Å². The molecule has 1 saturated heterocycles. The Balaban J connectivity index is 1.48. The maximum absolute atomic E-state index is 12.2. The highest BCUT2D eigenvalue weighted by atomic mass is 16.2. The molecule has 3 aromatic rings. The number of carbonyl (C=O) groups excluding carboxylic acids is 2. The van der Waals surface area contributed by atoms with Crippen molar-refractivity contribution in [2.24, 2.45) is 5.73 Å². The van der Waals surface area contributed by atoms with Gasteiger partial charge in [-0.05, 0) is 23.1 Å². The van der Waals surface area contributed by atoms with Crippen molar-refractivity contribution >= 4 is 17.6 Å². The molecule has 0 radical (unpaired) electrons. The quantitative estimate of drug-likeness (QED) is 0.589. The van der Waals surface area contributed by atoms with Crippen LogP contribution in [0.15, 0.2) is 60.8 Å². The summed E-state index contributed by atoms with van der Waals surface area (Å²) in [7, 11) is 0. The van der Waals surface area contributed by atoms with Gasteiger partial charge in [0.25, 0.3) is 5.91 Å². The number of carbonyl (C=O) groups is 2. The van der Waals surface area contributed by atoms with Crippen LogP contribution < -0.4 is 11.1 Å². The second-order valence-electron chi connectivity index (χ2n) is 7.66. The standard InChI is InChI=1S/C24H25N5O2/c25-23(31)20-16-26-21(28-24(20)27-15-17-6-2-1-3-7-17)13-18-8-4-9-19(12-18)14-22(30)29-10-5-11-29/h1-4,6-9,12,16H,5,10-11,13-15H2,(H2,25,31)(H,26,27,28). The van der Waals surface area contributed by atoms with E-state index in [9.17, 15) is 9.59 Å². The van der Waals surface area contributed by atoms with E-state index < -0.39 is 5.91 Å². The van der Waals surface area contributed by atoms with E-state index >= 15 is 0 Å². The molecule has 7 heteroatoms. The number of likely N-dealkylation sites (tertiary alicyclic amines) is 1. The van der Waals surface area contributed by atoms with Crippen LogP contribution in [0.25, 0.3) is 0 Å². The van der Waals surface area contributed by atoms with Gasteiger partial charge in [0.05, 0.1) is 12.0 Å². The van der Waals surface area contributed by atoms with E-state index in [1.54, 1.807) is 0 Å². The van der Waals surface area contributed by atoms with Crippen molar-refractivity contribution in [1.29, 1.82) is 0 Å². The molecule has 0 saturated carbocycles. The summed E-state index contributed by atoms with van der Waals surface area (Å²) in [6, 6.07) is 17.8. The Bertz CT molecular complexity index is 1080. The molecule has 31 heavy (non-hydrogen) atoms. The summed E-state index contributed by atoms with van der Waals surface area (Å²) in [5.41, 5.74) is 8.81. The second kappa shape index (κ2) is 9.38. The predicted octanol–water partition coefficient (Wildman–Crippen LogP) is 2.55. The maximum atomic E-state index is 12.2. The zero-order valence-corrected chi connectivity index (χ0v) is 17.3. The van der Waals surface area contributed by atoms with Crippen molar-refractivity contribution in [3.8, 4) is 0 Å². The van der Waals surface area contributed by atoms with Gasteiger partial charge in [-0.2, -0.15) is 0 Å². The number of amides is 2. The molecular weight excluding hydrogens is 390 g/mol. The lowest BCUT2D eigenvalue weighted by Gasteiger charge is -2.31. The number of hydrogen-bond acceptors (Lipinski definition) is 5. The van der Waals surface area contributed by atoms with Crippen molar-refractivity contribution < 1.29 is 9.59 Å². The number of anilines is 1. The number of nitrogens with two attached hydrogens (primary N) is 1. The van der Waals surface area contributed by atoms with Gasteiger partial charge in [0.1, 0.15) is 11.6 Å². The predicted molar refractivity (Wildman–Crippen MR) is 118 cm³/mol. The maximum Gasteiger partial charge on any atom is 0.254 e. The number of nitrogens with one attached hydrogen (secondary N) is 1. The van der Waals surface area contributed by atoms with E-state index in [1.807, 2.05) is 59.5 Å². The summed E-state index contributed by atoms with van der Waals surface area (Å²) in [6.07, 6.45) is 3.45. The van der Waals surface area contributed by atoms with E-state index in [0.29, 0.717) is 31.0 Å². The second-order valence-corrected chi connectivity index (χ2v) is 7.66. The van der Waals surface area contributed by atoms with E-state index in [4.69, 9.17) is 5.73 Å². The Morgan fingerprint density at radius 1 is 1.00 bits per heavy atom. The van der Waals surface area contributed by atoms with Crippen LogP contribution in [0.1, 0.15) is 39.3 Å². The third-order valence-corrected chi connectivity index (χ3v) is 5.32. The van der Waals surface area contributed by atoms with Crippen molar-refractivity contribution in [3.63, 3.8) is 0 Å². The van der Waals surface area contributed by atoms with Crippen LogP contribution in [0, 0.1) is 0 Å². The molecule has 1 aliphatic heterocycles. The molecule has 0 bridgehead atoms. The number of rotatable bonds is 8. The molecule has 2 amide bonds. The van der Waals surface area contributed by atoms with Crippen LogP contribution in [-0.2, 0) is 24.2 Å². The Kier molecular flexibility index (Phi) is 6.21. The lowest BCUT2D eigenvalue weighted by molar-refractivity contribution is -0.133. The van der Waals surface area contributed by atoms with Gasteiger partial charge in [-0.15, -0.1) is 0 Å². The van der Waals surface area contributed by atoms with Crippen LogP contribution in [0.3, 0.4) is 0 Å². The summed E-state index contributed by atoms with van der Waals surface area (Å²) in [5, 5.41) is 3.20. The highest BCUT2D eigenvalue weighted by molar-refractivity contribution is 5.97. The summed E-state index contributed by atoms with van der Waals surface area (Å²) < 4.78 is 0. The van der Waals surface area contributed by atoms with Crippen molar-refractivity contribution in [3.05, 3.63) is 88.9 Å². The number of nitrogens with zero attached hydrogens (tertiary/aromatic N) is 3. The first-order valence-electron chi connectivity index (χ1n) is 10.4. The van der Waals surface area contributed by atoms with Crippen LogP contribution in [0.2, 0.25) is 0 Å². The topological polar surface area (TPSA) is 101 Å². The molecule has 1 fully saturated rings. The third-order valence-electron chi connectivity index (χ3n) is 5.32. The normalized spacial score (nSPS) is 12.8. The molecule has 1 aliphatic rings. The summed E-state index contributed by atoms with van der Waals surface area (Å²) in [4.78, 5) is 34.8. The van der Waals surface area contributed by atoms with E-state index in [0.717, 1.165) is 36.2 Å². The average Bonchev–Trinajstić information content (AvgIpc) is 2.72. The van der Waals surface area contributed by atoms with Crippen LogP contribution >= 0.6 is 0 Å². The number of primary amides is 1. The third kappa shape index (κ3) is 5.25. The molecule has 0 unspecified atom stereocenters. The molecular formula is C24H25N5O2. The van der Waals surface area contributed by atoms with Gasteiger partial charge in [-0.1, -0.05) is 54.6 Å². The molecule has 0 aliphatic carbocycles. The largest absolute Gasteiger partial charge is 0.365 e. The number of benzene rings is 2. The average molecular weight is 415 g/mol. The summed E-state index contributed by atoms with van der Waals surface area (Å²) >= 11 is 0. The van der Waals surface area contributed by atoms with Gasteiger partial charge in [0.15, 0.2) is 0 Å². The van der Waals surface area contributed by atoms with Crippen LogP contribution in [0.4, 0.5) is 5.82 Å².